The third kappa shape index (κ3) is 3.35. The zero-order chi connectivity index (χ0) is 15.5. The third-order valence-electron chi connectivity index (χ3n) is 4.09. The SMILES string of the molecule is CC(C)CN1CCN(C(=O)C2COc3ccccc3O2)CC1. The second kappa shape index (κ2) is 6.57. The van der Waals surface area contributed by atoms with E-state index in [0.717, 1.165) is 32.7 Å². The summed E-state index contributed by atoms with van der Waals surface area (Å²) in [6.45, 7) is 9.26. The van der Waals surface area contributed by atoms with Gasteiger partial charge in [0.1, 0.15) is 6.61 Å². The number of ether oxygens (including phenoxy) is 2. The number of amides is 1. The van der Waals surface area contributed by atoms with Crippen LogP contribution in [0.3, 0.4) is 0 Å². The van der Waals surface area contributed by atoms with E-state index < -0.39 is 6.10 Å². The highest BCUT2D eigenvalue weighted by Gasteiger charge is 2.32. The Bertz CT molecular complexity index is 524. The third-order valence-corrected chi connectivity index (χ3v) is 4.09. The summed E-state index contributed by atoms with van der Waals surface area (Å²) in [5, 5.41) is 0. The second-order valence-corrected chi connectivity index (χ2v) is 6.38. The number of carbonyl (C=O) groups is 1. The fourth-order valence-electron chi connectivity index (χ4n) is 3.01. The first-order valence-corrected chi connectivity index (χ1v) is 8.03. The lowest BCUT2D eigenvalue weighted by Gasteiger charge is -2.37. The van der Waals surface area contributed by atoms with Crippen molar-refractivity contribution in [2.75, 3.05) is 39.3 Å². The molecule has 5 heteroatoms. The normalized spacial score (nSPS) is 22.0. The Morgan fingerprint density at radius 2 is 1.86 bits per heavy atom. The predicted molar refractivity (Wildman–Crippen MR) is 84.2 cm³/mol. The molecule has 1 aromatic rings. The molecule has 1 atom stereocenters. The van der Waals surface area contributed by atoms with E-state index in [1.54, 1.807) is 0 Å². The maximum Gasteiger partial charge on any atom is 0.267 e. The van der Waals surface area contributed by atoms with Crippen molar-refractivity contribution in [1.82, 2.24) is 9.80 Å². The Kier molecular flexibility index (Phi) is 4.52. The Balaban J connectivity index is 1.55. The van der Waals surface area contributed by atoms with Crippen LogP contribution in [0.5, 0.6) is 11.5 Å². The van der Waals surface area contributed by atoms with Crippen molar-refractivity contribution in [2.24, 2.45) is 5.92 Å². The summed E-state index contributed by atoms with van der Waals surface area (Å²) in [6.07, 6.45) is -0.522. The lowest BCUT2D eigenvalue weighted by atomic mass is 10.2. The standard InChI is InChI=1S/C17H24N2O3/c1-13(2)11-18-7-9-19(10-8-18)17(20)16-12-21-14-5-3-4-6-15(14)22-16/h3-6,13,16H,7-12H2,1-2H3. The molecule has 0 aliphatic carbocycles. The number of para-hydroxylation sites is 2. The summed E-state index contributed by atoms with van der Waals surface area (Å²) in [6, 6.07) is 7.49. The molecule has 0 radical (unpaired) electrons. The van der Waals surface area contributed by atoms with Crippen LogP contribution in [0.1, 0.15) is 13.8 Å². The molecule has 1 unspecified atom stereocenters. The highest BCUT2D eigenvalue weighted by atomic mass is 16.6. The average Bonchev–Trinajstić information content (AvgIpc) is 2.54. The van der Waals surface area contributed by atoms with Crippen molar-refractivity contribution in [3.8, 4) is 11.5 Å². The molecule has 1 fully saturated rings. The van der Waals surface area contributed by atoms with Gasteiger partial charge in [0.15, 0.2) is 11.5 Å². The van der Waals surface area contributed by atoms with Gasteiger partial charge >= 0.3 is 0 Å². The smallest absolute Gasteiger partial charge is 0.267 e. The highest BCUT2D eigenvalue weighted by molar-refractivity contribution is 5.82. The molecule has 0 N–H and O–H groups in total. The molecule has 1 amide bonds. The van der Waals surface area contributed by atoms with Crippen LogP contribution in [0, 0.1) is 5.92 Å². The summed E-state index contributed by atoms with van der Waals surface area (Å²) in [5.74, 6) is 2.08. The average molecular weight is 304 g/mol. The monoisotopic (exact) mass is 304 g/mol. The molecule has 2 aliphatic rings. The van der Waals surface area contributed by atoms with Crippen molar-refractivity contribution >= 4 is 5.91 Å². The van der Waals surface area contributed by atoms with Crippen LogP contribution in [0.2, 0.25) is 0 Å². The van der Waals surface area contributed by atoms with E-state index in [2.05, 4.69) is 18.7 Å². The van der Waals surface area contributed by atoms with Gasteiger partial charge < -0.3 is 14.4 Å². The van der Waals surface area contributed by atoms with Crippen LogP contribution in [-0.4, -0.2) is 61.1 Å². The van der Waals surface area contributed by atoms with Gasteiger partial charge in [-0.2, -0.15) is 0 Å². The maximum absolute atomic E-state index is 12.6. The fourth-order valence-corrected chi connectivity index (χ4v) is 3.01. The first-order chi connectivity index (χ1) is 10.6. The highest BCUT2D eigenvalue weighted by Crippen LogP contribution is 2.31. The predicted octanol–water partition coefficient (Wildman–Crippen LogP) is 1.63. The van der Waals surface area contributed by atoms with Gasteiger partial charge in [0.25, 0.3) is 5.91 Å². The molecule has 22 heavy (non-hydrogen) atoms. The summed E-state index contributed by atoms with van der Waals surface area (Å²) < 4.78 is 11.4. The Labute approximate surface area is 131 Å². The van der Waals surface area contributed by atoms with Crippen LogP contribution >= 0.6 is 0 Å². The number of carbonyl (C=O) groups excluding carboxylic acids is 1. The van der Waals surface area contributed by atoms with Gasteiger partial charge in [-0.1, -0.05) is 26.0 Å². The van der Waals surface area contributed by atoms with E-state index in [1.165, 1.54) is 0 Å². The number of benzene rings is 1. The number of piperazine rings is 1. The Morgan fingerprint density at radius 3 is 2.55 bits per heavy atom. The summed E-state index contributed by atoms with van der Waals surface area (Å²) in [7, 11) is 0. The first-order valence-electron chi connectivity index (χ1n) is 8.03. The molecule has 0 bridgehead atoms. The van der Waals surface area contributed by atoms with E-state index in [1.807, 2.05) is 29.2 Å². The lowest BCUT2D eigenvalue weighted by molar-refractivity contribution is -0.143. The zero-order valence-electron chi connectivity index (χ0n) is 13.3. The van der Waals surface area contributed by atoms with Gasteiger partial charge in [-0.15, -0.1) is 0 Å². The zero-order valence-corrected chi connectivity index (χ0v) is 13.3. The number of rotatable bonds is 3. The van der Waals surface area contributed by atoms with Crippen LogP contribution < -0.4 is 9.47 Å². The second-order valence-electron chi connectivity index (χ2n) is 6.38. The quantitative estimate of drug-likeness (QED) is 0.851. The molecular weight excluding hydrogens is 280 g/mol. The topological polar surface area (TPSA) is 42.0 Å². The van der Waals surface area contributed by atoms with Crippen LogP contribution in [0.25, 0.3) is 0 Å². The molecule has 1 aromatic carbocycles. The van der Waals surface area contributed by atoms with Gasteiger partial charge in [-0.3, -0.25) is 9.69 Å². The number of hydrogen-bond acceptors (Lipinski definition) is 4. The minimum absolute atomic E-state index is 0.0405. The van der Waals surface area contributed by atoms with Gasteiger partial charge in [0, 0.05) is 32.7 Å². The van der Waals surface area contributed by atoms with Gasteiger partial charge in [0.2, 0.25) is 6.10 Å². The van der Waals surface area contributed by atoms with Crippen LogP contribution in [-0.2, 0) is 4.79 Å². The van der Waals surface area contributed by atoms with E-state index >= 15 is 0 Å². The van der Waals surface area contributed by atoms with E-state index in [-0.39, 0.29) is 5.91 Å². The molecule has 3 rings (SSSR count). The maximum atomic E-state index is 12.6. The van der Waals surface area contributed by atoms with Crippen molar-refractivity contribution in [2.45, 2.75) is 20.0 Å². The lowest BCUT2D eigenvalue weighted by Crippen LogP contribution is -2.54. The Morgan fingerprint density at radius 1 is 1.18 bits per heavy atom. The summed E-state index contributed by atoms with van der Waals surface area (Å²) in [5.41, 5.74) is 0. The van der Waals surface area contributed by atoms with E-state index in [9.17, 15) is 4.79 Å². The van der Waals surface area contributed by atoms with E-state index in [0.29, 0.717) is 24.0 Å². The number of fused-ring (bicyclic) bond motifs is 1. The fraction of sp³-hybridized carbons (Fsp3) is 0.588. The van der Waals surface area contributed by atoms with Crippen molar-refractivity contribution in [3.05, 3.63) is 24.3 Å². The number of hydrogen-bond donors (Lipinski definition) is 0. The minimum Gasteiger partial charge on any atom is -0.485 e. The van der Waals surface area contributed by atoms with Crippen molar-refractivity contribution in [1.29, 1.82) is 0 Å². The van der Waals surface area contributed by atoms with Crippen LogP contribution in [0.4, 0.5) is 0 Å². The van der Waals surface area contributed by atoms with Gasteiger partial charge in [-0.05, 0) is 18.1 Å². The summed E-state index contributed by atoms with van der Waals surface area (Å²) in [4.78, 5) is 16.9. The molecule has 1 saturated heterocycles. The molecule has 5 nitrogen and oxygen atoms in total. The minimum atomic E-state index is -0.522. The van der Waals surface area contributed by atoms with Crippen molar-refractivity contribution in [3.63, 3.8) is 0 Å². The molecule has 2 aliphatic heterocycles. The molecule has 0 aromatic heterocycles. The number of nitrogens with zero attached hydrogens (tertiary/aromatic N) is 2. The molecule has 0 spiro atoms. The van der Waals surface area contributed by atoms with Crippen LogP contribution in [0.15, 0.2) is 24.3 Å². The molecular formula is C17H24N2O3. The summed E-state index contributed by atoms with van der Waals surface area (Å²) >= 11 is 0. The van der Waals surface area contributed by atoms with E-state index in [4.69, 9.17) is 9.47 Å². The molecule has 120 valence electrons. The van der Waals surface area contributed by atoms with Gasteiger partial charge in [-0.25, -0.2) is 0 Å². The van der Waals surface area contributed by atoms with Gasteiger partial charge in [0.05, 0.1) is 0 Å². The van der Waals surface area contributed by atoms with Crippen molar-refractivity contribution < 1.29 is 14.3 Å². The first kappa shape index (κ1) is 15.2. The Hall–Kier alpha value is -1.75. The largest absolute Gasteiger partial charge is 0.485 e. The molecule has 2 heterocycles. The molecule has 0 saturated carbocycles.